The average Bonchev–Trinajstić information content (AvgIpc) is 2.65. The first-order chi connectivity index (χ1) is 12.9. The molecular formula is C18H29N5O4. The monoisotopic (exact) mass is 379 g/mol. The van der Waals surface area contributed by atoms with Gasteiger partial charge < -0.3 is 30.5 Å². The lowest BCUT2D eigenvalue weighted by atomic mass is 9.73. The molecule has 2 aliphatic rings. The Bertz CT molecular complexity index is 665. The Morgan fingerprint density at radius 2 is 2.22 bits per heavy atom. The highest BCUT2D eigenvalue weighted by atomic mass is 16.5. The van der Waals surface area contributed by atoms with E-state index in [4.69, 9.17) is 15.2 Å². The molecule has 2 aliphatic heterocycles. The van der Waals surface area contributed by atoms with Gasteiger partial charge in [-0.25, -0.2) is 4.98 Å². The van der Waals surface area contributed by atoms with Gasteiger partial charge in [0.05, 0.1) is 11.1 Å². The first-order valence-corrected chi connectivity index (χ1v) is 9.43. The Hall–Kier alpha value is -1.97. The lowest BCUT2D eigenvalue weighted by Crippen LogP contribution is -2.69. The fourth-order valence-corrected chi connectivity index (χ4v) is 3.96. The van der Waals surface area contributed by atoms with Crippen LogP contribution in [0.15, 0.2) is 12.3 Å². The van der Waals surface area contributed by atoms with E-state index in [1.165, 1.54) is 0 Å². The Balaban J connectivity index is 1.67. The molecule has 0 aromatic carbocycles. The highest BCUT2D eigenvalue weighted by molar-refractivity contribution is 5.78. The van der Waals surface area contributed by atoms with Gasteiger partial charge in [-0.15, -0.1) is 0 Å². The molecule has 9 nitrogen and oxygen atoms in total. The van der Waals surface area contributed by atoms with Crippen molar-refractivity contribution in [1.29, 1.82) is 0 Å². The van der Waals surface area contributed by atoms with Crippen molar-refractivity contribution in [3.63, 3.8) is 0 Å². The number of amides is 1. The number of carbonyl (C=O) groups is 1. The topological polar surface area (TPSA) is 123 Å². The van der Waals surface area contributed by atoms with E-state index in [-0.39, 0.29) is 12.5 Å². The van der Waals surface area contributed by atoms with Crippen LogP contribution in [0, 0.1) is 0 Å². The van der Waals surface area contributed by atoms with E-state index in [0.717, 1.165) is 0 Å². The second-order valence-corrected chi connectivity index (χ2v) is 7.44. The average molecular weight is 379 g/mol. The molecule has 3 heterocycles. The second kappa shape index (κ2) is 7.95. The highest BCUT2D eigenvalue weighted by Gasteiger charge is 2.53. The summed E-state index contributed by atoms with van der Waals surface area (Å²) in [5.74, 6) is 0.794. The number of nitrogens with one attached hydrogen (secondary N) is 1. The van der Waals surface area contributed by atoms with E-state index in [9.17, 15) is 9.90 Å². The van der Waals surface area contributed by atoms with Gasteiger partial charge in [-0.2, -0.15) is 4.98 Å². The predicted octanol–water partition coefficient (Wildman–Crippen LogP) is 0.0904. The zero-order chi connectivity index (χ0) is 19.5. The third-order valence-corrected chi connectivity index (χ3v) is 5.53. The molecule has 0 saturated carbocycles. The summed E-state index contributed by atoms with van der Waals surface area (Å²) in [6.07, 6.45) is 2.61. The summed E-state index contributed by atoms with van der Waals surface area (Å²) < 4.78 is 11.2. The maximum atomic E-state index is 12.1. The fraction of sp³-hybridized carbons (Fsp3) is 0.722. The van der Waals surface area contributed by atoms with E-state index in [2.05, 4.69) is 15.3 Å². The predicted molar refractivity (Wildman–Crippen MR) is 100 cm³/mol. The largest absolute Gasteiger partial charge is 0.388 e. The van der Waals surface area contributed by atoms with Crippen LogP contribution >= 0.6 is 0 Å². The van der Waals surface area contributed by atoms with E-state index < -0.39 is 17.2 Å². The summed E-state index contributed by atoms with van der Waals surface area (Å²) in [6.45, 7) is 5.95. The number of carbonyl (C=O) groups excluding carboxylic acids is 1. The molecule has 1 spiro atoms. The van der Waals surface area contributed by atoms with Crippen LogP contribution in [0.4, 0.5) is 11.8 Å². The van der Waals surface area contributed by atoms with E-state index >= 15 is 0 Å². The van der Waals surface area contributed by atoms with Gasteiger partial charge in [0.1, 0.15) is 18.5 Å². The van der Waals surface area contributed by atoms with E-state index in [1.807, 2.05) is 18.7 Å². The maximum Gasteiger partial charge on any atom is 0.246 e. The lowest BCUT2D eigenvalue weighted by molar-refractivity contribution is -0.199. The number of nitrogen functional groups attached to an aromatic ring is 1. The molecule has 2 saturated heterocycles. The standard InChI is InChI=1S/C18H29N5O4/c1-3-26-12-14(24)22-17(2)7-11-27-18(15(17)25)5-9-23(10-6-18)16-20-8-4-13(19)21-16/h4,8,15,25H,3,5-7,9-12H2,1-2H3,(H,22,24)(H2,19,20,21)/t15-,17+/m0/s1. The fourth-order valence-electron chi connectivity index (χ4n) is 3.96. The number of nitrogens with two attached hydrogens (primary N) is 1. The molecule has 9 heteroatoms. The van der Waals surface area contributed by atoms with E-state index in [0.29, 0.717) is 57.3 Å². The van der Waals surface area contributed by atoms with Crippen molar-refractivity contribution in [2.75, 3.05) is 43.5 Å². The van der Waals surface area contributed by atoms with Crippen molar-refractivity contribution in [1.82, 2.24) is 15.3 Å². The van der Waals surface area contributed by atoms with Crippen molar-refractivity contribution < 1.29 is 19.4 Å². The van der Waals surface area contributed by atoms with Crippen LogP contribution in [0.5, 0.6) is 0 Å². The van der Waals surface area contributed by atoms with Gasteiger partial charge in [0, 0.05) is 32.5 Å². The SMILES string of the molecule is CCOCC(=O)N[C@]1(C)CCOC2(CCN(c3nccc(N)n3)CC2)[C@H]1O. The summed E-state index contributed by atoms with van der Waals surface area (Å²) in [4.78, 5) is 22.7. The molecule has 1 aromatic heterocycles. The van der Waals surface area contributed by atoms with Crippen molar-refractivity contribution in [2.24, 2.45) is 0 Å². The number of ether oxygens (including phenoxy) is 2. The number of hydrogen-bond donors (Lipinski definition) is 3. The van der Waals surface area contributed by atoms with Crippen LogP contribution < -0.4 is 16.0 Å². The summed E-state index contributed by atoms with van der Waals surface area (Å²) in [5, 5.41) is 14.1. The van der Waals surface area contributed by atoms with Crippen molar-refractivity contribution in [3.8, 4) is 0 Å². The summed E-state index contributed by atoms with van der Waals surface area (Å²) in [6, 6.07) is 1.65. The quantitative estimate of drug-likeness (QED) is 0.658. The van der Waals surface area contributed by atoms with Crippen LogP contribution in [-0.2, 0) is 14.3 Å². The third kappa shape index (κ3) is 4.15. The van der Waals surface area contributed by atoms with Crippen molar-refractivity contribution in [2.45, 2.75) is 50.4 Å². The molecule has 27 heavy (non-hydrogen) atoms. The summed E-state index contributed by atoms with van der Waals surface area (Å²) >= 11 is 0. The summed E-state index contributed by atoms with van der Waals surface area (Å²) in [5.41, 5.74) is 4.31. The molecule has 0 bridgehead atoms. The van der Waals surface area contributed by atoms with Gasteiger partial charge in [-0.3, -0.25) is 4.79 Å². The number of hydrogen-bond acceptors (Lipinski definition) is 8. The Morgan fingerprint density at radius 3 is 2.89 bits per heavy atom. The second-order valence-electron chi connectivity index (χ2n) is 7.44. The third-order valence-electron chi connectivity index (χ3n) is 5.53. The number of nitrogens with zero attached hydrogens (tertiary/aromatic N) is 3. The van der Waals surface area contributed by atoms with Gasteiger partial charge in [-0.1, -0.05) is 0 Å². The lowest BCUT2D eigenvalue weighted by Gasteiger charge is -2.53. The van der Waals surface area contributed by atoms with Crippen molar-refractivity contribution >= 4 is 17.7 Å². The first kappa shape index (κ1) is 19.8. The number of aliphatic hydroxyl groups is 1. The van der Waals surface area contributed by atoms with Gasteiger partial charge >= 0.3 is 0 Å². The molecule has 1 amide bonds. The highest BCUT2D eigenvalue weighted by Crippen LogP contribution is 2.40. The van der Waals surface area contributed by atoms with Crippen molar-refractivity contribution in [3.05, 3.63) is 12.3 Å². The van der Waals surface area contributed by atoms with Gasteiger partial charge in [0.2, 0.25) is 11.9 Å². The minimum absolute atomic E-state index is 0.00673. The molecule has 2 atom stereocenters. The molecule has 0 radical (unpaired) electrons. The molecule has 1 aromatic rings. The molecule has 4 N–H and O–H groups in total. The molecule has 2 fully saturated rings. The molecule has 0 aliphatic carbocycles. The molecule has 150 valence electrons. The van der Waals surface area contributed by atoms with Crippen LogP contribution in [0.25, 0.3) is 0 Å². The van der Waals surface area contributed by atoms with Gasteiger partial charge in [-0.05, 0) is 39.2 Å². The van der Waals surface area contributed by atoms with Gasteiger partial charge in [0.25, 0.3) is 0 Å². The Morgan fingerprint density at radius 1 is 1.48 bits per heavy atom. The van der Waals surface area contributed by atoms with Crippen LogP contribution in [-0.4, -0.2) is 71.1 Å². The number of piperidine rings is 1. The Labute approximate surface area is 159 Å². The zero-order valence-corrected chi connectivity index (χ0v) is 16.0. The summed E-state index contributed by atoms with van der Waals surface area (Å²) in [7, 11) is 0. The maximum absolute atomic E-state index is 12.1. The van der Waals surface area contributed by atoms with Crippen LogP contribution in [0.3, 0.4) is 0 Å². The zero-order valence-electron chi connectivity index (χ0n) is 16.0. The number of rotatable bonds is 5. The van der Waals surface area contributed by atoms with Crippen LogP contribution in [0.1, 0.15) is 33.1 Å². The number of aromatic nitrogens is 2. The number of aliphatic hydroxyl groups excluding tert-OH is 1. The van der Waals surface area contributed by atoms with Gasteiger partial charge in [0.15, 0.2) is 0 Å². The molecule has 0 unspecified atom stereocenters. The normalized spacial score (nSPS) is 27.5. The molecule has 3 rings (SSSR count). The van der Waals surface area contributed by atoms with Crippen LogP contribution in [0.2, 0.25) is 0 Å². The number of anilines is 2. The first-order valence-electron chi connectivity index (χ1n) is 9.43. The smallest absolute Gasteiger partial charge is 0.246 e. The minimum atomic E-state index is -0.812. The molecular weight excluding hydrogens is 350 g/mol. The Kier molecular flexibility index (Phi) is 5.83. The minimum Gasteiger partial charge on any atom is -0.388 e. The van der Waals surface area contributed by atoms with E-state index in [1.54, 1.807) is 12.3 Å².